The van der Waals surface area contributed by atoms with Gasteiger partial charge in [0.2, 0.25) is 5.60 Å². The number of oxime groups is 1. The molecule has 2 aliphatic rings. The van der Waals surface area contributed by atoms with Gasteiger partial charge < -0.3 is 20.0 Å². The Balaban J connectivity index is 2.17. The summed E-state index contributed by atoms with van der Waals surface area (Å²) in [6, 6.07) is -0.542. The molecule has 0 bridgehead atoms. The van der Waals surface area contributed by atoms with Crippen molar-refractivity contribution < 1.29 is 23.9 Å². The van der Waals surface area contributed by atoms with Gasteiger partial charge in [0.1, 0.15) is 11.6 Å². The van der Waals surface area contributed by atoms with Crippen LogP contribution in [0.3, 0.4) is 0 Å². The number of rotatable bonds is 6. The van der Waals surface area contributed by atoms with Crippen LogP contribution in [0.1, 0.15) is 47.0 Å². The molecule has 0 aromatic heterocycles. The van der Waals surface area contributed by atoms with Crippen LogP contribution in [0.15, 0.2) is 10.1 Å². The van der Waals surface area contributed by atoms with Crippen molar-refractivity contribution in [2.24, 2.45) is 15.9 Å². The van der Waals surface area contributed by atoms with Gasteiger partial charge in [-0.1, -0.05) is 16.9 Å². The van der Waals surface area contributed by atoms with E-state index in [9.17, 15) is 9.59 Å². The molecule has 0 spiro atoms. The molecule has 2 N–H and O–H groups in total. The van der Waals surface area contributed by atoms with Crippen LogP contribution in [0.5, 0.6) is 0 Å². The van der Waals surface area contributed by atoms with E-state index in [1.54, 1.807) is 27.7 Å². The van der Waals surface area contributed by atoms with Crippen LogP contribution in [0, 0.1) is 0 Å². The Morgan fingerprint density at radius 3 is 2.52 bits per heavy atom. The van der Waals surface area contributed by atoms with Crippen molar-refractivity contribution in [3.63, 3.8) is 0 Å². The first-order chi connectivity index (χ1) is 11.7. The van der Waals surface area contributed by atoms with Gasteiger partial charge in [-0.25, -0.2) is 9.59 Å². The van der Waals surface area contributed by atoms with Crippen LogP contribution in [-0.4, -0.2) is 52.4 Å². The molecule has 25 heavy (non-hydrogen) atoms. The molecule has 1 aliphatic carbocycles. The van der Waals surface area contributed by atoms with Gasteiger partial charge in [0, 0.05) is 18.6 Å². The summed E-state index contributed by atoms with van der Waals surface area (Å²) < 4.78 is 10.5. The molecular weight excluding hydrogens is 346 g/mol. The van der Waals surface area contributed by atoms with Crippen molar-refractivity contribution in [1.82, 2.24) is 0 Å². The Kier molecular flexibility index (Phi) is 5.97. The SMILES string of the molecule is CCOC(=O)/C(=N\OC1(C(=O)OC(C)(C)C)CCC1)C1CSC(N)=N1. The Morgan fingerprint density at radius 1 is 1.40 bits per heavy atom. The number of hydrogen-bond acceptors (Lipinski definition) is 9. The summed E-state index contributed by atoms with van der Waals surface area (Å²) in [6.07, 6.45) is 1.81. The molecule has 1 unspecified atom stereocenters. The molecule has 1 heterocycles. The quantitative estimate of drug-likeness (QED) is 0.429. The van der Waals surface area contributed by atoms with Crippen LogP contribution in [0.25, 0.3) is 0 Å². The Morgan fingerprint density at radius 2 is 2.08 bits per heavy atom. The molecule has 0 amide bonds. The van der Waals surface area contributed by atoms with E-state index in [1.807, 2.05) is 0 Å². The highest BCUT2D eigenvalue weighted by molar-refractivity contribution is 8.14. The smallest absolute Gasteiger partial charge is 0.358 e. The molecule has 0 radical (unpaired) electrons. The Bertz CT molecular complexity index is 593. The van der Waals surface area contributed by atoms with Gasteiger partial charge in [-0.15, -0.1) is 0 Å². The highest BCUT2D eigenvalue weighted by atomic mass is 32.2. The molecule has 1 saturated carbocycles. The van der Waals surface area contributed by atoms with Crippen LogP contribution < -0.4 is 5.73 Å². The number of carbonyl (C=O) groups excluding carboxylic acids is 2. The van der Waals surface area contributed by atoms with E-state index in [0.717, 1.165) is 6.42 Å². The first kappa shape index (κ1) is 19.6. The fourth-order valence-corrected chi connectivity index (χ4v) is 3.07. The number of aliphatic imine (C=N–C) groups is 1. The lowest BCUT2D eigenvalue weighted by Gasteiger charge is -2.38. The number of hydrogen-bond donors (Lipinski definition) is 1. The summed E-state index contributed by atoms with van der Waals surface area (Å²) in [4.78, 5) is 34.4. The summed E-state index contributed by atoms with van der Waals surface area (Å²) in [6.45, 7) is 7.27. The second kappa shape index (κ2) is 7.63. The maximum absolute atomic E-state index is 12.5. The van der Waals surface area contributed by atoms with Gasteiger partial charge in [-0.05, 0) is 34.1 Å². The minimum absolute atomic E-state index is 0.0182. The van der Waals surface area contributed by atoms with Crippen LogP contribution in [0.2, 0.25) is 0 Å². The summed E-state index contributed by atoms with van der Waals surface area (Å²) in [5, 5.41) is 4.35. The molecule has 140 valence electrons. The summed E-state index contributed by atoms with van der Waals surface area (Å²) in [7, 11) is 0. The number of carbonyl (C=O) groups is 2. The number of esters is 2. The first-order valence-corrected chi connectivity index (χ1v) is 9.28. The van der Waals surface area contributed by atoms with E-state index in [-0.39, 0.29) is 12.3 Å². The minimum Gasteiger partial charge on any atom is -0.461 e. The maximum atomic E-state index is 12.5. The molecular formula is C16H25N3O5S. The molecule has 1 aliphatic heterocycles. The highest BCUT2D eigenvalue weighted by Gasteiger charge is 2.50. The maximum Gasteiger partial charge on any atom is 0.358 e. The van der Waals surface area contributed by atoms with Crippen molar-refractivity contribution in [3.05, 3.63) is 0 Å². The number of amidine groups is 1. The molecule has 1 atom stereocenters. The summed E-state index contributed by atoms with van der Waals surface area (Å²) in [5.74, 6) is -0.612. The standard InChI is InChI=1S/C16H25N3O5S/c1-5-22-12(20)11(10-9-25-14(17)18-10)19-24-16(7-6-8-16)13(21)23-15(2,3)4/h10H,5-9H2,1-4H3,(H2,17,18)/b19-11-. The van der Waals surface area contributed by atoms with Crippen molar-refractivity contribution in [2.75, 3.05) is 12.4 Å². The molecule has 9 heteroatoms. The van der Waals surface area contributed by atoms with Crippen molar-refractivity contribution in [2.45, 2.75) is 64.2 Å². The van der Waals surface area contributed by atoms with E-state index < -0.39 is 29.2 Å². The van der Waals surface area contributed by atoms with Crippen LogP contribution in [0.4, 0.5) is 0 Å². The zero-order chi connectivity index (χ0) is 18.7. The first-order valence-electron chi connectivity index (χ1n) is 8.29. The predicted molar refractivity (Wildman–Crippen MR) is 95.4 cm³/mol. The van der Waals surface area contributed by atoms with Crippen molar-refractivity contribution in [3.8, 4) is 0 Å². The lowest BCUT2D eigenvalue weighted by molar-refractivity contribution is -0.196. The third kappa shape index (κ3) is 4.87. The monoisotopic (exact) mass is 371 g/mol. The average molecular weight is 371 g/mol. The second-order valence-electron chi connectivity index (χ2n) is 6.93. The predicted octanol–water partition coefficient (Wildman–Crippen LogP) is 1.62. The lowest BCUT2D eigenvalue weighted by Crippen LogP contribution is -2.50. The van der Waals surface area contributed by atoms with Crippen molar-refractivity contribution >= 4 is 34.6 Å². The average Bonchev–Trinajstić information content (AvgIpc) is 2.86. The van der Waals surface area contributed by atoms with Gasteiger partial charge in [0.25, 0.3) is 0 Å². The fourth-order valence-electron chi connectivity index (χ4n) is 2.31. The zero-order valence-corrected chi connectivity index (χ0v) is 15.9. The van der Waals surface area contributed by atoms with Gasteiger partial charge >= 0.3 is 11.9 Å². The lowest BCUT2D eigenvalue weighted by atomic mass is 9.80. The van der Waals surface area contributed by atoms with E-state index in [1.165, 1.54) is 11.8 Å². The van der Waals surface area contributed by atoms with Gasteiger partial charge in [-0.2, -0.15) is 0 Å². The van der Waals surface area contributed by atoms with Gasteiger partial charge in [0.05, 0.1) is 6.61 Å². The van der Waals surface area contributed by atoms with Gasteiger partial charge in [-0.3, -0.25) is 4.99 Å². The molecule has 0 saturated heterocycles. The van der Waals surface area contributed by atoms with E-state index in [2.05, 4.69) is 10.1 Å². The number of nitrogens with zero attached hydrogens (tertiary/aromatic N) is 2. The normalized spacial score (nSPS) is 22.6. The topological polar surface area (TPSA) is 113 Å². The molecule has 2 rings (SSSR count). The molecule has 0 aromatic rings. The number of thioether (sulfide) groups is 1. The Labute approximate surface area is 151 Å². The Hall–Kier alpha value is -1.77. The highest BCUT2D eigenvalue weighted by Crippen LogP contribution is 2.38. The minimum atomic E-state index is -1.15. The van der Waals surface area contributed by atoms with E-state index in [0.29, 0.717) is 23.8 Å². The molecule has 0 aromatic carbocycles. The van der Waals surface area contributed by atoms with Gasteiger partial charge in [0.15, 0.2) is 10.9 Å². The van der Waals surface area contributed by atoms with Crippen LogP contribution in [-0.2, 0) is 23.9 Å². The third-order valence-electron chi connectivity index (χ3n) is 3.72. The van der Waals surface area contributed by atoms with Crippen molar-refractivity contribution in [1.29, 1.82) is 0 Å². The molecule has 8 nitrogen and oxygen atoms in total. The summed E-state index contributed by atoms with van der Waals surface area (Å²) >= 11 is 1.33. The molecule has 1 fully saturated rings. The van der Waals surface area contributed by atoms with E-state index >= 15 is 0 Å². The largest absolute Gasteiger partial charge is 0.461 e. The summed E-state index contributed by atoms with van der Waals surface area (Å²) in [5.41, 5.74) is 3.91. The number of nitrogens with two attached hydrogens (primary N) is 1. The second-order valence-corrected chi connectivity index (χ2v) is 7.97. The van der Waals surface area contributed by atoms with Crippen LogP contribution >= 0.6 is 11.8 Å². The fraction of sp³-hybridized carbons (Fsp3) is 0.750. The third-order valence-corrected chi connectivity index (χ3v) is 4.61. The van der Waals surface area contributed by atoms with E-state index in [4.69, 9.17) is 20.0 Å². The number of ether oxygens (including phenoxy) is 2. The zero-order valence-electron chi connectivity index (χ0n) is 15.0.